The van der Waals surface area contributed by atoms with Crippen LogP contribution in [-0.4, -0.2) is 47.8 Å². The lowest BCUT2D eigenvalue weighted by molar-refractivity contribution is -0.269. The van der Waals surface area contributed by atoms with Crippen LogP contribution in [0, 0.1) is 0 Å². The van der Waals surface area contributed by atoms with E-state index in [4.69, 9.17) is 4.74 Å². The molecule has 9 nitrogen and oxygen atoms in total. The van der Waals surface area contributed by atoms with Crippen molar-refractivity contribution in [3.8, 4) is 11.3 Å². The Morgan fingerprint density at radius 3 is 2.53 bits per heavy atom. The van der Waals surface area contributed by atoms with Crippen molar-refractivity contribution >= 4 is 11.5 Å². The average Bonchev–Trinajstić information content (AvgIpc) is 3.44. The fraction of sp³-hybridized carbons (Fsp3) is 0.333. The van der Waals surface area contributed by atoms with Gasteiger partial charge in [-0.25, -0.2) is 9.48 Å². The van der Waals surface area contributed by atoms with Gasteiger partial charge in [-0.3, -0.25) is 4.79 Å². The van der Waals surface area contributed by atoms with E-state index in [0.29, 0.717) is 27.9 Å². The quantitative estimate of drug-likeness (QED) is 0.388. The number of hydrogen-bond acceptors (Lipinski definition) is 6. The zero-order valence-electron chi connectivity index (χ0n) is 19.8. The van der Waals surface area contributed by atoms with Crippen LogP contribution in [0.5, 0.6) is 0 Å². The molecule has 1 unspecified atom stereocenters. The maximum absolute atomic E-state index is 13.4. The molecule has 4 rings (SSSR count). The Bertz CT molecular complexity index is 1490. The van der Waals surface area contributed by atoms with Crippen molar-refractivity contribution in [1.82, 2.24) is 24.0 Å². The number of rotatable bonds is 7. The summed E-state index contributed by atoms with van der Waals surface area (Å²) < 4.78 is 49.7. The number of alkyl halides is 3. The Morgan fingerprint density at radius 2 is 1.89 bits per heavy atom. The third kappa shape index (κ3) is 4.39. The molecule has 0 bridgehead atoms. The lowest BCUT2D eigenvalue weighted by atomic mass is 9.96. The van der Waals surface area contributed by atoms with Gasteiger partial charge in [0.2, 0.25) is 11.2 Å². The van der Waals surface area contributed by atoms with Gasteiger partial charge in [-0.1, -0.05) is 12.1 Å². The molecule has 4 aromatic heterocycles. The van der Waals surface area contributed by atoms with Gasteiger partial charge in [-0.15, -0.1) is 5.10 Å². The number of nitrogens with zero attached hydrogens (tertiary/aromatic N) is 5. The van der Waals surface area contributed by atoms with E-state index >= 15 is 0 Å². The van der Waals surface area contributed by atoms with Gasteiger partial charge in [-0.2, -0.15) is 13.2 Å². The highest BCUT2D eigenvalue weighted by Crippen LogP contribution is 2.40. The molecule has 0 aromatic carbocycles. The van der Waals surface area contributed by atoms with E-state index in [-0.39, 0.29) is 18.7 Å². The minimum absolute atomic E-state index is 0.0796. The first-order chi connectivity index (χ1) is 17.0. The van der Waals surface area contributed by atoms with E-state index in [1.54, 1.807) is 55.0 Å². The minimum Gasteiger partial charge on any atom is -0.462 e. The number of pyridine rings is 2. The Labute approximate surface area is 203 Å². The van der Waals surface area contributed by atoms with Crippen molar-refractivity contribution < 1.29 is 27.8 Å². The number of fused-ring (bicyclic) bond motifs is 1. The third-order valence-corrected chi connectivity index (χ3v) is 5.98. The highest BCUT2D eigenvalue weighted by molar-refractivity contribution is 5.99. The normalized spacial score (nSPS) is 13.6. The molecule has 4 aromatic rings. The number of carbonyl (C=O) groups is 1. The molecule has 190 valence electrons. The smallest absolute Gasteiger partial charge is 0.423 e. The fourth-order valence-corrected chi connectivity index (χ4v) is 4.00. The van der Waals surface area contributed by atoms with Crippen LogP contribution in [0.25, 0.3) is 16.8 Å². The molecule has 0 amide bonds. The van der Waals surface area contributed by atoms with E-state index in [1.807, 2.05) is 0 Å². The van der Waals surface area contributed by atoms with Gasteiger partial charge in [0.1, 0.15) is 5.69 Å². The number of hydrogen-bond donors (Lipinski definition) is 1. The van der Waals surface area contributed by atoms with E-state index in [9.17, 15) is 27.9 Å². The molecule has 12 heteroatoms. The molecule has 4 heterocycles. The van der Waals surface area contributed by atoms with Crippen LogP contribution in [0.4, 0.5) is 13.2 Å². The first kappa shape index (κ1) is 25.2. The Kier molecular flexibility index (Phi) is 6.48. The lowest BCUT2D eigenvalue weighted by Gasteiger charge is -2.26. The second kappa shape index (κ2) is 9.26. The summed E-state index contributed by atoms with van der Waals surface area (Å²) in [7, 11) is 1.61. The van der Waals surface area contributed by atoms with Crippen molar-refractivity contribution in [3.63, 3.8) is 0 Å². The average molecular weight is 503 g/mol. The largest absolute Gasteiger partial charge is 0.462 e. The summed E-state index contributed by atoms with van der Waals surface area (Å²) in [5.74, 6) is -0.529. The molecule has 0 radical (unpaired) electrons. The number of aliphatic hydroxyl groups is 1. The first-order valence-corrected chi connectivity index (χ1v) is 11.2. The molecule has 0 fully saturated rings. The number of carbonyl (C=O) groups excluding carboxylic acids is 1. The second-order valence-electron chi connectivity index (χ2n) is 8.34. The number of aryl methyl sites for hydroxylation is 1. The van der Waals surface area contributed by atoms with E-state index in [2.05, 4.69) is 10.3 Å². The minimum atomic E-state index is -4.89. The van der Waals surface area contributed by atoms with Crippen LogP contribution in [0.2, 0.25) is 0 Å². The summed E-state index contributed by atoms with van der Waals surface area (Å²) in [4.78, 5) is 24.6. The third-order valence-electron chi connectivity index (χ3n) is 5.98. The highest BCUT2D eigenvalue weighted by Gasteiger charge is 2.55. The van der Waals surface area contributed by atoms with Crippen molar-refractivity contribution in [2.75, 3.05) is 6.61 Å². The molecule has 0 aliphatic heterocycles. The first-order valence-electron chi connectivity index (χ1n) is 11.2. The fourth-order valence-electron chi connectivity index (χ4n) is 4.00. The zero-order chi connectivity index (χ0) is 26.3. The van der Waals surface area contributed by atoms with Gasteiger partial charge >= 0.3 is 12.1 Å². The van der Waals surface area contributed by atoms with Crippen molar-refractivity contribution in [2.45, 2.75) is 38.6 Å². The predicted molar refractivity (Wildman–Crippen MR) is 123 cm³/mol. The monoisotopic (exact) mass is 503 g/mol. The number of ether oxygens (including phenoxy) is 1. The summed E-state index contributed by atoms with van der Waals surface area (Å²) in [6, 6.07) is 8.15. The maximum Gasteiger partial charge on any atom is 0.423 e. The molecular weight excluding hydrogens is 479 g/mol. The SMILES string of the molecule is CCOC(=O)c1cc2cc(Cn3cc(C(O)(CC)C(F)(F)F)nn3)ccn2c1-c1ccc(=O)n(C)c1. The summed E-state index contributed by atoms with van der Waals surface area (Å²) in [5, 5.41) is 17.4. The Hall–Kier alpha value is -3.93. The van der Waals surface area contributed by atoms with Crippen molar-refractivity contribution in [1.29, 1.82) is 0 Å². The summed E-state index contributed by atoms with van der Waals surface area (Å²) >= 11 is 0. The number of halogens is 3. The number of esters is 1. The van der Waals surface area contributed by atoms with E-state index < -0.39 is 29.9 Å². The van der Waals surface area contributed by atoms with Gasteiger partial charge in [0.05, 0.1) is 30.6 Å². The molecule has 0 saturated carbocycles. The molecule has 0 aliphatic rings. The van der Waals surface area contributed by atoms with Crippen LogP contribution in [0.15, 0.2) is 53.7 Å². The van der Waals surface area contributed by atoms with Gasteiger partial charge in [-0.05, 0) is 43.2 Å². The lowest BCUT2D eigenvalue weighted by Crippen LogP contribution is -2.42. The van der Waals surface area contributed by atoms with Crippen LogP contribution in [-0.2, 0) is 23.9 Å². The molecule has 36 heavy (non-hydrogen) atoms. The topological polar surface area (TPSA) is 104 Å². The van der Waals surface area contributed by atoms with Gasteiger partial charge in [0.25, 0.3) is 0 Å². The second-order valence-corrected chi connectivity index (χ2v) is 8.34. The maximum atomic E-state index is 13.4. The van der Waals surface area contributed by atoms with Crippen LogP contribution >= 0.6 is 0 Å². The molecule has 0 spiro atoms. The highest BCUT2D eigenvalue weighted by atomic mass is 19.4. The molecule has 1 N–H and O–H groups in total. The van der Waals surface area contributed by atoms with Crippen LogP contribution < -0.4 is 5.56 Å². The molecular formula is C24H24F3N5O4. The predicted octanol–water partition coefficient (Wildman–Crippen LogP) is 3.28. The molecule has 0 aliphatic carbocycles. The Morgan fingerprint density at radius 1 is 1.14 bits per heavy atom. The summed E-state index contributed by atoms with van der Waals surface area (Å²) in [6.07, 6.45) is -1.10. The number of aromatic nitrogens is 5. The van der Waals surface area contributed by atoms with Crippen LogP contribution in [0.3, 0.4) is 0 Å². The molecule has 0 saturated heterocycles. The standard InChI is InChI=1S/C24H24F3N5O4/c1-4-23(35,24(25,26)27)19-14-31(29-28-19)12-15-8-9-32-17(10-15)11-18(22(34)36-5-2)21(32)16-6-7-20(33)30(3)13-16/h6-11,13-14,35H,4-5,12H2,1-3H3. The van der Waals surface area contributed by atoms with Crippen molar-refractivity contribution in [3.05, 3.63) is 76.1 Å². The Balaban J connectivity index is 1.74. The van der Waals surface area contributed by atoms with Gasteiger partial charge in [0, 0.05) is 36.6 Å². The van der Waals surface area contributed by atoms with Crippen LogP contribution in [0.1, 0.15) is 41.9 Å². The summed E-state index contributed by atoms with van der Waals surface area (Å²) in [5.41, 5.74) is -1.11. The zero-order valence-corrected chi connectivity index (χ0v) is 19.8. The van der Waals surface area contributed by atoms with E-state index in [1.165, 1.54) is 22.2 Å². The van der Waals surface area contributed by atoms with Gasteiger partial charge < -0.3 is 18.8 Å². The van der Waals surface area contributed by atoms with Gasteiger partial charge in [0.15, 0.2) is 0 Å². The molecule has 1 atom stereocenters. The van der Waals surface area contributed by atoms with Crippen molar-refractivity contribution in [2.24, 2.45) is 7.05 Å². The summed E-state index contributed by atoms with van der Waals surface area (Å²) in [6.45, 7) is 3.18. The van der Waals surface area contributed by atoms with E-state index in [0.717, 1.165) is 6.20 Å².